The zero-order chi connectivity index (χ0) is 12.3. The van der Waals surface area contributed by atoms with E-state index in [1.165, 1.54) is 14.0 Å². The minimum absolute atomic E-state index is 0.165. The lowest BCUT2D eigenvalue weighted by atomic mass is 10.5. The molecule has 0 saturated carbocycles. The zero-order valence-corrected chi connectivity index (χ0v) is 10.3. The van der Waals surface area contributed by atoms with Gasteiger partial charge in [0.05, 0.1) is 12.6 Å². The van der Waals surface area contributed by atoms with Crippen LogP contribution in [0.1, 0.15) is 12.7 Å². The largest absolute Gasteiger partial charge is 0.337 e. The zero-order valence-electron chi connectivity index (χ0n) is 9.45. The van der Waals surface area contributed by atoms with E-state index in [-0.39, 0.29) is 6.54 Å². The topological polar surface area (TPSA) is 79.0 Å². The summed E-state index contributed by atoms with van der Waals surface area (Å²) in [5, 5.41) is 7.58. The molecule has 0 spiro atoms. The molecule has 16 heavy (non-hydrogen) atoms. The molecule has 88 valence electrons. The number of imidazole rings is 1. The van der Waals surface area contributed by atoms with Gasteiger partial charge in [-0.25, -0.2) is 13.4 Å². The highest BCUT2D eigenvalue weighted by Gasteiger charge is 2.26. The van der Waals surface area contributed by atoms with Gasteiger partial charge >= 0.3 is 0 Å². The molecule has 1 aromatic rings. The standard InChI is InChI=1S/C9H14N4O2S/c1-8(6-10)16(14,15)13(3)7-9-11-4-5-12(9)2/h4-5,8H,7H2,1-3H3. The van der Waals surface area contributed by atoms with Crippen LogP contribution >= 0.6 is 0 Å². The molecule has 7 heteroatoms. The molecule has 0 aliphatic heterocycles. The summed E-state index contributed by atoms with van der Waals surface area (Å²) in [5.74, 6) is 0.635. The summed E-state index contributed by atoms with van der Waals surface area (Å²) in [6.45, 7) is 1.53. The second-order valence-corrected chi connectivity index (χ2v) is 5.89. The van der Waals surface area contributed by atoms with Crippen LogP contribution in [0, 0.1) is 11.3 Å². The maximum Gasteiger partial charge on any atom is 0.230 e. The fraction of sp³-hybridized carbons (Fsp3) is 0.556. The lowest BCUT2D eigenvalue weighted by Crippen LogP contribution is -2.34. The maximum absolute atomic E-state index is 11.8. The van der Waals surface area contributed by atoms with E-state index in [2.05, 4.69) is 4.98 Å². The van der Waals surface area contributed by atoms with Gasteiger partial charge in [0.25, 0.3) is 0 Å². The number of nitrogens with zero attached hydrogens (tertiary/aromatic N) is 4. The normalized spacial score (nSPS) is 13.7. The second kappa shape index (κ2) is 4.63. The van der Waals surface area contributed by atoms with Crippen LogP contribution in [0.2, 0.25) is 0 Å². The van der Waals surface area contributed by atoms with Gasteiger partial charge in [-0.2, -0.15) is 9.57 Å². The summed E-state index contributed by atoms with van der Waals surface area (Å²) in [4.78, 5) is 4.03. The molecule has 1 rings (SSSR count). The monoisotopic (exact) mass is 242 g/mol. The fourth-order valence-electron chi connectivity index (χ4n) is 1.17. The predicted octanol–water partition coefficient (Wildman–Crippen LogP) is 0.0938. The third-order valence-corrected chi connectivity index (χ3v) is 4.35. The molecule has 0 N–H and O–H groups in total. The van der Waals surface area contributed by atoms with E-state index in [0.29, 0.717) is 5.82 Å². The van der Waals surface area contributed by atoms with Crippen LogP contribution in [0.3, 0.4) is 0 Å². The first-order valence-electron chi connectivity index (χ1n) is 4.70. The Bertz CT molecular complexity index is 500. The molecule has 0 aromatic carbocycles. The Morgan fingerprint density at radius 2 is 2.31 bits per heavy atom. The number of nitriles is 1. The molecule has 1 heterocycles. The maximum atomic E-state index is 11.8. The summed E-state index contributed by atoms with van der Waals surface area (Å²) < 4.78 is 26.4. The van der Waals surface area contributed by atoms with Crippen molar-refractivity contribution in [3.8, 4) is 6.07 Å². The Morgan fingerprint density at radius 3 is 2.75 bits per heavy atom. The molecule has 0 fully saturated rings. The number of aromatic nitrogens is 2. The lowest BCUT2D eigenvalue weighted by molar-refractivity contribution is 0.448. The number of sulfonamides is 1. The minimum Gasteiger partial charge on any atom is -0.337 e. The van der Waals surface area contributed by atoms with Crippen molar-refractivity contribution >= 4 is 10.0 Å². The van der Waals surface area contributed by atoms with E-state index in [1.807, 2.05) is 0 Å². The van der Waals surface area contributed by atoms with Gasteiger partial charge in [0.2, 0.25) is 10.0 Å². The van der Waals surface area contributed by atoms with E-state index in [9.17, 15) is 8.42 Å². The van der Waals surface area contributed by atoms with Crippen LogP contribution in [-0.4, -0.2) is 34.6 Å². The summed E-state index contributed by atoms with van der Waals surface area (Å²) >= 11 is 0. The molecule has 0 radical (unpaired) electrons. The van der Waals surface area contributed by atoms with Gasteiger partial charge in [0.15, 0.2) is 5.25 Å². The van der Waals surface area contributed by atoms with Gasteiger partial charge in [-0.05, 0) is 6.92 Å². The Labute approximate surface area is 95.2 Å². The molecular weight excluding hydrogens is 228 g/mol. The fourth-order valence-corrected chi connectivity index (χ4v) is 2.14. The van der Waals surface area contributed by atoms with Crippen LogP contribution in [0.25, 0.3) is 0 Å². The van der Waals surface area contributed by atoms with E-state index in [1.54, 1.807) is 30.1 Å². The second-order valence-electron chi connectivity index (χ2n) is 3.53. The average Bonchev–Trinajstić information content (AvgIpc) is 2.63. The van der Waals surface area contributed by atoms with Crippen molar-refractivity contribution in [2.75, 3.05) is 7.05 Å². The van der Waals surface area contributed by atoms with Crippen molar-refractivity contribution in [3.63, 3.8) is 0 Å². The van der Waals surface area contributed by atoms with Crippen molar-refractivity contribution in [2.24, 2.45) is 7.05 Å². The Kier molecular flexibility index (Phi) is 3.67. The Morgan fingerprint density at radius 1 is 1.69 bits per heavy atom. The first-order chi connectivity index (χ1) is 7.39. The van der Waals surface area contributed by atoms with E-state index >= 15 is 0 Å². The van der Waals surface area contributed by atoms with Crippen molar-refractivity contribution in [3.05, 3.63) is 18.2 Å². The van der Waals surface area contributed by atoms with Crippen molar-refractivity contribution < 1.29 is 8.42 Å². The van der Waals surface area contributed by atoms with Crippen LogP contribution in [-0.2, 0) is 23.6 Å². The van der Waals surface area contributed by atoms with Crippen molar-refractivity contribution in [1.29, 1.82) is 5.26 Å². The minimum atomic E-state index is -3.56. The highest BCUT2D eigenvalue weighted by molar-refractivity contribution is 7.89. The van der Waals surface area contributed by atoms with Gasteiger partial charge in [-0.3, -0.25) is 0 Å². The first kappa shape index (κ1) is 12.7. The summed E-state index contributed by atoms with van der Waals surface area (Å²) in [6, 6.07) is 1.72. The SMILES string of the molecule is CC(C#N)S(=O)(=O)N(C)Cc1nccn1C. The Balaban J connectivity index is 2.86. The number of rotatable bonds is 4. The molecule has 0 aliphatic carbocycles. The lowest BCUT2D eigenvalue weighted by Gasteiger charge is -2.17. The summed E-state index contributed by atoms with van der Waals surface area (Å²) in [6.07, 6.45) is 3.34. The molecule has 0 amide bonds. The number of hydrogen-bond donors (Lipinski definition) is 0. The van der Waals surface area contributed by atoms with Crippen LogP contribution < -0.4 is 0 Å². The molecule has 0 bridgehead atoms. The predicted molar refractivity (Wildman–Crippen MR) is 58.7 cm³/mol. The molecule has 6 nitrogen and oxygen atoms in total. The highest BCUT2D eigenvalue weighted by atomic mass is 32.2. The third-order valence-electron chi connectivity index (χ3n) is 2.35. The van der Waals surface area contributed by atoms with Gasteiger partial charge < -0.3 is 4.57 Å². The quantitative estimate of drug-likeness (QED) is 0.749. The van der Waals surface area contributed by atoms with E-state index in [0.717, 1.165) is 4.31 Å². The van der Waals surface area contributed by atoms with Gasteiger partial charge in [0, 0.05) is 26.5 Å². The Hall–Kier alpha value is -1.39. The molecule has 0 saturated heterocycles. The van der Waals surface area contributed by atoms with Crippen LogP contribution in [0.5, 0.6) is 0 Å². The van der Waals surface area contributed by atoms with Crippen LogP contribution in [0.15, 0.2) is 12.4 Å². The van der Waals surface area contributed by atoms with E-state index < -0.39 is 15.3 Å². The molecule has 0 aliphatic rings. The first-order valence-corrected chi connectivity index (χ1v) is 6.21. The number of hydrogen-bond acceptors (Lipinski definition) is 4. The van der Waals surface area contributed by atoms with Crippen LogP contribution in [0.4, 0.5) is 0 Å². The summed E-state index contributed by atoms with van der Waals surface area (Å²) in [7, 11) is -0.332. The molecule has 1 atom stereocenters. The van der Waals surface area contributed by atoms with Gasteiger partial charge in [-0.15, -0.1) is 0 Å². The number of aryl methyl sites for hydroxylation is 1. The molecule has 1 aromatic heterocycles. The third kappa shape index (κ3) is 2.40. The molecular formula is C9H14N4O2S. The van der Waals surface area contributed by atoms with E-state index in [4.69, 9.17) is 5.26 Å². The highest BCUT2D eigenvalue weighted by Crippen LogP contribution is 2.09. The molecule has 1 unspecified atom stereocenters. The summed E-state index contributed by atoms with van der Waals surface area (Å²) in [5.41, 5.74) is 0. The smallest absolute Gasteiger partial charge is 0.230 e. The average molecular weight is 242 g/mol. The van der Waals surface area contributed by atoms with Gasteiger partial charge in [-0.1, -0.05) is 0 Å². The van der Waals surface area contributed by atoms with Crippen molar-refractivity contribution in [2.45, 2.75) is 18.7 Å². The van der Waals surface area contributed by atoms with Crippen molar-refractivity contribution in [1.82, 2.24) is 13.9 Å². The van der Waals surface area contributed by atoms with Gasteiger partial charge in [0.1, 0.15) is 5.82 Å².